The quantitative estimate of drug-likeness (QED) is 0.570. The normalized spacial score (nSPS) is 10.0. The van der Waals surface area contributed by atoms with E-state index in [1.807, 2.05) is 13.8 Å². The molecule has 0 saturated heterocycles. The molecule has 0 aromatic carbocycles. The summed E-state index contributed by atoms with van der Waals surface area (Å²) in [5.41, 5.74) is 0. The van der Waals surface area contributed by atoms with Crippen LogP contribution in [-0.4, -0.2) is 23.4 Å². The molecule has 0 fully saturated rings. The standard InChI is InChI=1S/2C4H8O/c2*1-2-3-4-5/h2*2-3,5H,4H2,1H3/b2*3-2+. The Morgan fingerprint density at radius 3 is 1.20 bits per heavy atom. The molecule has 0 amide bonds. The van der Waals surface area contributed by atoms with E-state index < -0.39 is 0 Å². The monoisotopic (exact) mass is 144 g/mol. The molecule has 0 saturated carbocycles. The van der Waals surface area contributed by atoms with Gasteiger partial charge in [-0.15, -0.1) is 0 Å². The molecule has 0 aromatic rings. The molecule has 0 spiro atoms. The van der Waals surface area contributed by atoms with Crippen molar-refractivity contribution in [3.05, 3.63) is 24.3 Å². The average Bonchev–Trinajstić information content (AvgIpc) is 1.93. The molecule has 2 N–H and O–H groups in total. The van der Waals surface area contributed by atoms with Crippen LogP contribution < -0.4 is 0 Å². The number of aliphatic hydroxyl groups excluding tert-OH is 2. The van der Waals surface area contributed by atoms with Crippen LogP contribution in [0.3, 0.4) is 0 Å². The highest BCUT2D eigenvalue weighted by Crippen LogP contribution is 1.61. The third-order valence-electron chi connectivity index (χ3n) is 0.682. The third kappa shape index (κ3) is 26.2. The lowest BCUT2D eigenvalue weighted by Crippen LogP contribution is -1.65. The van der Waals surface area contributed by atoms with E-state index in [1.165, 1.54) is 0 Å². The van der Waals surface area contributed by atoms with Crippen molar-refractivity contribution in [1.82, 2.24) is 0 Å². The lowest BCUT2D eigenvalue weighted by atomic mass is 10.6. The van der Waals surface area contributed by atoms with Crippen LogP contribution in [0.25, 0.3) is 0 Å². The topological polar surface area (TPSA) is 40.5 Å². The van der Waals surface area contributed by atoms with Gasteiger partial charge in [-0.3, -0.25) is 0 Å². The number of hydrogen-bond donors (Lipinski definition) is 2. The van der Waals surface area contributed by atoms with Gasteiger partial charge in [0.1, 0.15) is 0 Å². The predicted molar refractivity (Wildman–Crippen MR) is 43.8 cm³/mol. The van der Waals surface area contributed by atoms with Crippen molar-refractivity contribution in [2.45, 2.75) is 13.8 Å². The van der Waals surface area contributed by atoms with Crippen molar-refractivity contribution in [2.75, 3.05) is 13.2 Å². The zero-order valence-corrected chi connectivity index (χ0v) is 6.62. The minimum absolute atomic E-state index is 0.163. The van der Waals surface area contributed by atoms with Gasteiger partial charge in [0, 0.05) is 0 Å². The molecule has 0 aliphatic heterocycles. The van der Waals surface area contributed by atoms with E-state index >= 15 is 0 Å². The first-order valence-corrected chi connectivity index (χ1v) is 3.27. The average molecular weight is 144 g/mol. The van der Waals surface area contributed by atoms with Crippen LogP contribution in [0.1, 0.15) is 13.8 Å². The molecule has 0 radical (unpaired) electrons. The summed E-state index contributed by atoms with van der Waals surface area (Å²) in [5.74, 6) is 0. The summed E-state index contributed by atoms with van der Waals surface area (Å²) < 4.78 is 0. The fraction of sp³-hybridized carbons (Fsp3) is 0.500. The lowest BCUT2D eigenvalue weighted by molar-refractivity contribution is 0.342. The molecule has 0 aromatic heterocycles. The zero-order chi connectivity index (χ0) is 8.24. The maximum atomic E-state index is 7.98. The summed E-state index contributed by atoms with van der Waals surface area (Å²) in [7, 11) is 0. The maximum absolute atomic E-state index is 7.98. The Hall–Kier alpha value is -0.600. The lowest BCUT2D eigenvalue weighted by Gasteiger charge is -1.66. The molecule has 0 heterocycles. The van der Waals surface area contributed by atoms with Gasteiger partial charge in [0.15, 0.2) is 0 Å². The Morgan fingerprint density at radius 2 is 1.20 bits per heavy atom. The van der Waals surface area contributed by atoms with Gasteiger partial charge in [-0.05, 0) is 13.8 Å². The number of rotatable bonds is 2. The van der Waals surface area contributed by atoms with Crippen LogP contribution in [-0.2, 0) is 0 Å². The second-order valence-corrected chi connectivity index (χ2v) is 1.50. The van der Waals surface area contributed by atoms with Crippen LogP contribution in [0.4, 0.5) is 0 Å². The van der Waals surface area contributed by atoms with Gasteiger partial charge in [0.05, 0.1) is 13.2 Å². The van der Waals surface area contributed by atoms with Gasteiger partial charge in [0.2, 0.25) is 0 Å². The molecule has 2 nitrogen and oxygen atoms in total. The Kier molecular flexibility index (Phi) is 19.1. The van der Waals surface area contributed by atoms with Crippen LogP contribution >= 0.6 is 0 Å². The van der Waals surface area contributed by atoms with Crippen LogP contribution in [0.5, 0.6) is 0 Å². The predicted octanol–water partition coefficient (Wildman–Crippen LogP) is 1.11. The summed E-state index contributed by atoms with van der Waals surface area (Å²) in [5, 5.41) is 16.0. The second-order valence-electron chi connectivity index (χ2n) is 1.50. The molecule has 10 heavy (non-hydrogen) atoms. The number of aliphatic hydroxyl groups is 2. The van der Waals surface area contributed by atoms with Crippen molar-refractivity contribution < 1.29 is 10.2 Å². The Morgan fingerprint density at radius 1 is 0.900 bits per heavy atom. The van der Waals surface area contributed by atoms with E-state index in [1.54, 1.807) is 24.3 Å². The fourth-order valence-corrected chi connectivity index (χ4v) is 0.211. The van der Waals surface area contributed by atoms with Crippen LogP contribution in [0.15, 0.2) is 24.3 Å². The fourth-order valence-electron chi connectivity index (χ4n) is 0.211. The van der Waals surface area contributed by atoms with Crippen molar-refractivity contribution in [2.24, 2.45) is 0 Å². The summed E-state index contributed by atoms with van der Waals surface area (Å²) >= 11 is 0. The molecule has 0 aliphatic rings. The highest BCUT2D eigenvalue weighted by molar-refractivity contribution is 4.74. The molecule has 0 bridgehead atoms. The van der Waals surface area contributed by atoms with Gasteiger partial charge in [-0.2, -0.15) is 0 Å². The Labute approximate surface area is 62.5 Å². The first-order chi connectivity index (χ1) is 4.83. The van der Waals surface area contributed by atoms with E-state index in [9.17, 15) is 0 Å². The Bertz CT molecular complexity index is 73.3. The molecular formula is C8H16O2. The smallest absolute Gasteiger partial charge is 0.0612 e. The Balaban J connectivity index is 0. The van der Waals surface area contributed by atoms with E-state index in [2.05, 4.69) is 0 Å². The maximum Gasteiger partial charge on any atom is 0.0612 e. The highest BCUT2D eigenvalue weighted by Gasteiger charge is 1.53. The molecule has 60 valence electrons. The first-order valence-electron chi connectivity index (χ1n) is 3.27. The van der Waals surface area contributed by atoms with Gasteiger partial charge in [-0.1, -0.05) is 24.3 Å². The number of allylic oxidation sites excluding steroid dienone is 2. The summed E-state index contributed by atoms with van der Waals surface area (Å²) in [6.07, 6.45) is 6.97. The van der Waals surface area contributed by atoms with E-state index in [0.29, 0.717) is 0 Å². The van der Waals surface area contributed by atoms with E-state index in [-0.39, 0.29) is 13.2 Å². The van der Waals surface area contributed by atoms with Crippen molar-refractivity contribution in [1.29, 1.82) is 0 Å². The molecule has 0 unspecified atom stereocenters. The zero-order valence-electron chi connectivity index (χ0n) is 6.62. The van der Waals surface area contributed by atoms with Gasteiger partial charge >= 0.3 is 0 Å². The first kappa shape index (κ1) is 12.1. The second kappa shape index (κ2) is 15.8. The van der Waals surface area contributed by atoms with E-state index in [0.717, 1.165) is 0 Å². The number of hydrogen-bond acceptors (Lipinski definition) is 2. The minimum Gasteiger partial charge on any atom is -0.392 e. The third-order valence-corrected chi connectivity index (χ3v) is 0.682. The summed E-state index contributed by atoms with van der Waals surface area (Å²) in [6.45, 7) is 4.07. The highest BCUT2D eigenvalue weighted by atomic mass is 16.3. The molecule has 0 rings (SSSR count). The largest absolute Gasteiger partial charge is 0.392 e. The van der Waals surface area contributed by atoms with Crippen LogP contribution in [0.2, 0.25) is 0 Å². The molecule has 2 heteroatoms. The van der Waals surface area contributed by atoms with Gasteiger partial charge < -0.3 is 10.2 Å². The molecule has 0 atom stereocenters. The van der Waals surface area contributed by atoms with Gasteiger partial charge in [-0.25, -0.2) is 0 Å². The summed E-state index contributed by atoms with van der Waals surface area (Å²) in [6, 6.07) is 0. The van der Waals surface area contributed by atoms with E-state index in [4.69, 9.17) is 10.2 Å². The minimum atomic E-state index is 0.163. The molecular weight excluding hydrogens is 128 g/mol. The molecule has 0 aliphatic carbocycles. The van der Waals surface area contributed by atoms with Gasteiger partial charge in [0.25, 0.3) is 0 Å². The van der Waals surface area contributed by atoms with Crippen molar-refractivity contribution in [3.63, 3.8) is 0 Å². The van der Waals surface area contributed by atoms with Crippen molar-refractivity contribution in [3.8, 4) is 0 Å². The SMILES string of the molecule is C/C=C/CO.C/C=C/CO. The summed E-state index contributed by atoms with van der Waals surface area (Å²) in [4.78, 5) is 0. The van der Waals surface area contributed by atoms with Crippen molar-refractivity contribution >= 4 is 0 Å². The van der Waals surface area contributed by atoms with Crippen LogP contribution in [0, 0.1) is 0 Å².